The van der Waals surface area contributed by atoms with Crippen LogP contribution in [0, 0.1) is 0 Å². The summed E-state index contributed by atoms with van der Waals surface area (Å²) in [4.78, 5) is 0. The lowest BCUT2D eigenvalue weighted by Gasteiger charge is -2.22. The summed E-state index contributed by atoms with van der Waals surface area (Å²) in [5.74, 6) is 0.187. The predicted molar refractivity (Wildman–Crippen MR) is 79.4 cm³/mol. The molecule has 5 heteroatoms. The standard InChI is InChI=1S/C14H18N2O2S/c17-13-9-5-4-6-11(13)10-15-16-14(19)18-12-7-2-1-3-8-12/h4-6,9-10,12,17H,1-3,7-8H2,(H,16,19). The number of hydrogen-bond acceptors (Lipinski definition) is 4. The molecule has 0 aromatic heterocycles. The monoisotopic (exact) mass is 278 g/mol. The van der Waals surface area contributed by atoms with Gasteiger partial charge in [0.15, 0.2) is 0 Å². The minimum Gasteiger partial charge on any atom is -0.507 e. The van der Waals surface area contributed by atoms with E-state index in [0.717, 1.165) is 12.8 Å². The highest BCUT2D eigenvalue weighted by Crippen LogP contribution is 2.20. The van der Waals surface area contributed by atoms with Gasteiger partial charge in [0.2, 0.25) is 0 Å². The van der Waals surface area contributed by atoms with Crippen LogP contribution in [0.25, 0.3) is 0 Å². The first-order valence-electron chi connectivity index (χ1n) is 6.53. The average molecular weight is 278 g/mol. The molecule has 1 aliphatic carbocycles. The van der Waals surface area contributed by atoms with E-state index < -0.39 is 0 Å². The van der Waals surface area contributed by atoms with Gasteiger partial charge in [-0.25, -0.2) is 5.43 Å². The van der Waals surface area contributed by atoms with Gasteiger partial charge < -0.3 is 9.84 Å². The lowest BCUT2D eigenvalue weighted by Crippen LogP contribution is -2.26. The fourth-order valence-corrected chi connectivity index (χ4v) is 2.30. The van der Waals surface area contributed by atoms with Crippen molar-refractivity contribution in [3.8, 4) is 5.75 Å². The van der Waals surface area contributed by atoms with Gasteiger partial charge in [0, 0.05) is 5.56 Å². The molecule has 2 N–H and O–H groups in total. The molecule has 0 unspecified atom stereocenters. The smallest absolute Gasteiger partial charge is 0.277 e. The Hall–Kier alpha value is -1.62. The highest BCUT2D eigenvalue weighted by molar-refractivity contribution is 7.80. The topological polar surface area (TPSA) is 53.9 Å². The number of phenols is 1. The van der Waals surface area contributed by atoms with Crippen LogP contribution in [0.1, 0.15) is 37.7 Å². The third-order valence-electron chi connectivity index (χ3n) is 3.12. The summed E-state index contributed by atoms with van der Waals surface area (Å²) in [7, 11) is 0. The fourth-order valence-electron chi connectivity index (χ4n) is 2.11. The minimum absolute atomic E-state index is 0.187. The molecule has 0 heterocycles. The van der Waals surface area contributed by atoms with Gasteiger partial charge in [-0.1, -0.05) is 18.6 Å². The van der Waals surface area contributed by atoms with Crippen LogP contribution in [0.3, 0.4) is 0 Å². The third kappa shape index (κ3) is 4.52. The molecular weight excluding hydrogens is 260 g/mol. The van der Waals surface area contributed by atoms with E-state index in [-0.39, 0.29) is 11.9 Å². The molecule has 0 radical (unpaired) electrons. The van der Waals surface area contributed by atoms with Gasteiger partial charge in [-0.3, -0.25) is 0 Å². The zero-order valence-electron chi connectivity index (χ0n) is 10.7. The lowest BCUT2D eigenvalue weighted by molar-refractivity contribution is 0.141. The van der Waals surface area contributed by atoms with Crippen molar-refractivity contribution in [2.75, 3.05) is 0 Å². The predicted octanol–water partition coefficient (Wildman–Crippen LogP) is 2.95. The van der Waals surface area contributed by atoms with E-state index in [2.05, 4.69) is 10.5 Å². The molecule has 1 aliphatic rings. The molecule has 1 aromatic carbocycles. The molecule has 0 saturated heterocycles. The Labute approximate surface area is 118 Å². The number of nitrogens with one attached hydrogen (secondary N) is 1. The first-order chi connectivity index (χ1) is 9.25. The number of rotatable bonds is 3. The molecule has 19 heavy (non-hydrogen) atoms. The number of para-hydroxylation sites is 1. The molecular formula is C14H18N2O2S. The highest BCUT2D eigenvalue weighted by Gasteiger charge is 2.15. The summed E-state index contributed by atoms with van der Waals surface area (Å²) in [5.41, 5.74) is 3.31. The number of aromatic hydroxyl groups is 1. The summed E-state index contributed by atoms with van der Waals surface area (Å²) in [6.45, 7) is 0. The summed E-state index contributed by atoms with van der Waals surface area (Å²) in [6.07, 6.45) is 7.55. The molecule has 0 spiro atoms. The van der Waals surface area contributed by atoms with Crippen LogP contribution in [0.5, 0.6) is 5.75 Å². The Morgan fingerprint density at radius 1 is 1.32 bits per heavy atom. The van der Waals surface area contributed by atoms with Crippen LogP contribution in [-0.4, -0.2) is 22.6 Å². The number of phenolic OH excluding ortho intramolecular Hbond substituents is 1. The van der Waals surface area contributed by atoms with Crippen LogP contribution in [0.4, 0.5) is 0 Å². The maximum absolute atomic E-state index is 9.55. The van der Waals surface area contributed by atoms with Crippen LogP contribution in [-0.2, 0) is 4.74 Å². The third-order valence-corrected chi connectivity index (χ3v) is 3.31. The van der Waals surface area contributed by atoms with Gasteiger partial charge in [-0.2, -0.15) is 5.10 Å². The Morgan fingerprint density at radius 2 is 2.05 bits per heavy atom. The van der Waals surface area contributed by atoms with E-state index in [1.807, 2.05) is 6.07 Å². The van der Waals surface area contributed by atoms with E-state index >= 15 is 0 Å². The number of benzene rings is 1. The van der Waals surface area contributed by atoms with Gasteiger partial charge in [0.05, 0.1) is 6.21 Å². The van der Waals surface area contributed by atoms with Crippen LogP contribution >= 0.6 is 12.2 Å². The van der Waals surface area contributed by atoms with Crippen molar-refractivity contribution in [1.29, 1.82) is 0 Å². The van der Waals surface area contributed by atoms with E-state index in [1.54, 1.807) is 18.2 Å². The zero-order valence-corrected chi connectivity index (χ0v) is 11.5. The Kier molecular flexibility index (Phi) is 5.15. The van der Waals surface area contributed by atoms with Gasteiger partial charge in [-0.15, -0.1) is 0 Å². The molecule has 2 rings (SSSR count). The Balaban J connectivity index is 1.78. The van der Waals surface area contributed by atoms with Crippen molar-refractivity contribution >= 4 is 23.6 Å². The second-order valence-electron chi connectivity index (χ2n) is 4.59. The number of hydrogen-bond donors (Lipinski definition) is 2. The zero-order chi connectivity index (χ0) is 13.5. The summed E-state index contributed by atoms with van der Waals surface area (Å²) < 4.78 is 5.60. The summed E-state index contributed by atoms with van der Waals surface area (Å²) in [6, 6.07) is 6.97. The van der Waals surface area contributed by atoms with Crippen LogP contribution < -0.4 is 5.43 Å². The molecule has 1 aromatic rings. The normalized spacial score (nSPS) is 16.4. The number of hydrazone groups is 1. The second kappa shape index (κ2) is 7.09. The second-order valence-corrected chi connectivity index (χ2v) is 4.96. The molecule has 4 nitrogen and oxygen atoms in total. The fraction of sp³-hybridized carbons (Fsp3) is 0.429. The van der Waals surface area contributed by atoms with Crippen molar-refractivity contribution in [3.05, 3.63) is 29.8 Å². The first-order valence-corrected chi connectivity index (χ1v) is 6.94. The van der Waals surface area contributed by atoms with E-state index in [1.165, 1.54) is 25.5 Å². The molecule has 1 fully saturated rings. The molecule has 0 amide bonds. The number of ether oxygens (including phenoxy) is 1. The molecule has 102 valence electrons. The van der Waals surface area contributed by atoms with E-state index in [4.69, 9.17) is 17.0 Å². The average Bonchev–Trinajstić information content (AvgIpc) is 2.42. The van der Waals surface area contributed by atoms with Crippen LogP contribution in [0.2, 0.25) is 0 Å². The summed E-state index contributed by atoms with van der Waals surface area (Å²) >= 11 is 5.07. The maximum atomic E-state index is 9.55. The van der Waals surface area contributed by atoms with Crippen molar-refractivity contribution in [2.24, 2.45) is 5.10 Å². The van der Waals surface area contributed by atoms with Gasteiger partial charge >= 0.3 is 0 Å². The van der Waals surface area contributed by atoms with Crippen molar-refractivity contribution in [3.63, 3.8) is 0 Å². The van der Waals surface area contributed by atoms with E-state index in [0.29, 0.717) is 10.7 Å². The molecule has 1 saturated carbocycles. The molecule has 0 bridgehead atoms. The van der Waals surface area contributed by atoms with Gasteiger partial charge in [-0.05, 0) is 50.0 Å². The maximum Gasteiger partial charge on any atom is 0.277 e. The summed E-state index contributed by atoms with van der Waals surface area (Å²) in [5, 5.41) is 13.8. The number of thiocarbonyl (C=S) groups is 1. The van der Waals surface area contributed by atoms with Crippen molar-refractivity contribution in [2.45, 2.75) is 38.2 Å². The van der Waals surface area contributed by atoms with Crippen LogP contribution in [0.15, 0.2) is 29.4 Å². The van der Waals surface area contributed by atoms with Crippen molar-refractivity contribution in [1.82, 2.24) is 5.43 Å². The SMILES string of the molecule is Oc1ccccc1C=NNC(=S)OC1CCCCC1. The van der Waals surface area contributed by atoms with Crippen molar-refractivity contribution < 1.29 is 9.84 Å². The first kappa shape index (κ1) is 13.8. The highest BCUT2D eigenvalue weighted by atomic mass is 32.1. The van der Waals surface area contributed by atoms with Gasteiger partial charge in [0.1, 0.15) is 11.9 Å². The Morgan fingerprint density at radius 3 is 2.79 bits per heavy atom. The van der Waals surface area contributed by atoms with E-state index in [9.17, 15) is 5.11 Å². The molecule has 0 atom stereocenters. The quantitative estimate of drug-likeness (QED) is 0.507. The lowest BCUT2D eigenvalue weighted by atomic mass is 9.98. The largest absolute Gasteiger partial charge is 0.507 e. The van der Waals surface area contributed by atoms with Gasteiger partial charge in [0.25, 0.3) is 5.17 Å². The number of nitrogens with zero attached hydrogens (tertiary/aromatic N) is 1. The Bertz CT molecular complexity index is 457. The minimum atomic E-state index is 0.187. The molecule has 0 aliphatic heterocycles.